The molecular weight excluding hydrogens is 243 g/mol. The molecule has 0 saturated heterocycles. The lowest BCUT2D eigenvalue weighted by atomic mass is 9.78. The highest BCUT2D eigenvalue weighted by atomic mass is 16.5. The van der Waals surface area contributed by atoms with Gasteiger partial charge in [-0.05, 0) is 17.7 Å². The first kappa shape index (κ1) is 13.5. The molecule has 0 atom stereocenters. The molecule has 19 heavy (non-hydrogen) atoms. The average Bonchev–Trinajstić information content (AvgIpc) is 2.45. The van der Waals surface area contributed by atoms with Crippen molar-refractivity contribution in [3.8, 4) is 11.5 Å². The van der Waals surface area contributed by atoms with E-state index in [0.717, 1.165) is 5.56 Å². The first-order chi connectivity index (χ1) is 9.22. The number of methoxy groups -OCH3 is 1. The molecule has 0 spiro atoms. The van der Waals surface area contributed by atoms with E-state index in [4.69, 9.17) is 9.47 Å². The summed E-state index contributed by atoms with van der Waals surface area (Å²) in [5.74, 6) is 0.791. The maximum absolute atomic E-state index is 9.41. The Morgan fingerprint density at radius 1 is 0.947 bits per heavy atom. The van der Waals surface area contributed by atoms with E-state index in [1.54, 1.807) is 18.2 Å². The maximum atomic E-state index is 9.41. The lowest BCUT2D eigenvalue weighted by Gasteiger charge is -2.14. The van der Waals surface area contributed by atoms with E-state index in [1.807, 2.05) is 30.3 Å². The minimum absolute atomic E-state index is 0.237. The Labute approximate surface area is 112 Å². The van der Waals surface area contributed by atoms with Crippen LogP contribution < -0.4 is 14.9 Å². The van der Waals surface area contributed by atoms with Crippen molar-refractivity contribution in [2.24, 2.45) is 0 Å². The van der Waals surface area contributed by atoms with Gasteiger partial charge >= 0.3 is 7.12 Å². The summed E-state index contributed by atoms with van der Waals surface area (Å²) in [7, 11) is -0.163. The Kier molecular flexibility index (Phi) is 4.44. The zero-order valence-corrected chi connectivity index (χ0v) is 10.6. The van der Waals surface area contributed by atoms with Gasteiger partial charge in [-0.25, -0.2) is 0 Å². The number of rotatable bonds is 5. The molecule has 0 aromatic heterocycles. The van der Waals surface area contributed by atoms with Gasteiger partial charge in [0.05, 0.1) is 12.6 Å². The van der Waals surface area contributed by atoms with Gasteiger partial charge in [-0.2, -0.15) is 0 Å². The Balaban J connectivity index is 2.20. The molecule has 5 heteroatoms. The molecule has 0 saturated carbocycles. The summed E-state index contributed by atoms with van der Waals surface area (Å²) in [5.41, 5.74) is 1.24. The Morgan fingerprint density at radius 3 is 2.26 bits per heavy atom. The van der Waals surface area contributed by atoms with Crippen molar-refractivity contribution < 1.29 is 19.5 Å². The molecule has 0 aliphatic carbocycles. The number of hydrogen-bond acceptors (Lipinski definition) is 4. The van der Waals surface area contributed by atoms with E-state index in [-0.39, 0.29) is 5.46 Å². The zero-order valence-electron chi connectivity index (χ0n) is 10.6. The maximum Gasteiger partial charge on any atom is 0.496 e. The summed E-state index contributed by atoms with van der Waals surface area (Å²) in [4.78, 5) is 0. The van der Waals surface area contributed by atoms with Crippen LogP contribution in [0.4, 0.5) is 0 Å². The van der Waals surface area contributed by atoms with Gasteiger partial charge in [0.1, 0.15) is 18.1 Å². The van der Waals surface area contributed by atoms with E-state index in [9.17, 15) is 10.0 Å². The molecule has 2 N–H and O–H groups in total. The van der Waals surface area contributed by atoms with Crippen LogP contribution in [0.25, 0.3) is 0 Å². The molecule has 0 heterocycles. The molecule has 2 aromatic rings. The summed E-state index contributed by atoms with van der Waals surface area (Å²) in [5, 5.41) is 18.8. The van der Waals surface area contributed by atoms with Gasteiger partial charge in [0, 0.05) is 0 Å². The molecule has 0 radical (unpaired) electrons. The molecule has 0 bridgehead atoms. The van der Waals surface area contributed by atoms with E-state index in [1.165, 1.54) is 7.11 Å². The van der Waals surface area contributed by atoms with Gasteiger partial charge in [-0.1, -0.05) is 36.4 Å². The fraction of sp³-hybridized carbons (Fsp3) is 0.143. The molecule has 2 aromatic carbocycles. The van der Waals surface area contributed by atoms with Crippen molar-refractivity contribution in [3.05, 3.63) is 54.1 Å². The van der Waals surface area contributed by atoms with Crippen molar-refractivity contribution in [2.45, 2.75) is 6.61 Å². The fourth-order valence-corrected chi connectivity index (χ4v) is 1.82. The highest BCUT2D eigenvalue weighted by molar-refractivity contribution is 6.60. The van der Waals surface area contributed by atoms with Crippen LogP contribution in [0, 0.1) is 0 Å². The molecule has 98 valence electrons. The van der Waals surface area contributed by atoms with Crippen LogP contribution in [0.15, 0.2) is 48.5 Å². The first-order valence-corrected chi connectivity index (χ1v) is 5.92. The zero-order chi connectivity index (χ0) is 13.7. The van der Waals surface area contributed by atoms with Crippen molar-refractivity contribution in [3.63, 3.8) is 0 Å². The SMILES string of the molecule is COc1cccc(OCc2ccccc2)c1B(O)O. The van der Waals surface area contributed by atoms with Crippen LogP contribution in [0.2, 0.25) is 0 Å². The second-order valence-corrected chi connectivity index (χ2v) is 4.02. The van der Waals surface area contributed by atoms with Crippen molar-refractivity contribution >= 4 is 12.6 Å². The molecule has 0 fully saturated rings. The molecule has 2 rings (SSSR count). The predicted molar refractivity (Wildman–Crippen MR) is 73.6 cm³/mol. The number of ether oxygens (including phenoxy) is 2. The lowest BCUT2D eigenvalue weighted by molar-refractivity contribution is 0.304. The van der Waals surface area contributed by atoms with Crippen molar-refractivity contribution in [1.29, 1.82) is 0 Å². The quantitative estimate of drug-likeness (QED) is 0.784. The molecule has 0 aliphatic rings. The molecule has 0 unspecified atom stereocenters. The standard InChI is InChI=1S/C14H15BO4/c1-18-12-8-5-9-13(14(12)15(16)17)19-10-11-6-3-2-4-7-11/h2-9,16-17H,10H2,1H3. The number of hydrogen-bond donors (Lipinski definition) is 2. The fourth-order valence-electron chi connectivity index (χ4n) is 1.82. The largest absolute Gasteiger partial charge is 0.497 e. The van der Waals surface area contributed by atoms with Crippen LogP contribution in [-0.4, -0.2) is 24.3 Å². The summed E-state index contributed by atoms with van der Waals surface area (Å²) >= 11 is 0. The summed E-state index contributed by atoms with van der Waals surface area (Å²) in [6.07, 6.45) is 0. The van der Waals surface area contributed by atoms with Gasteiger partial charge in [0.15, 0.2) is 0 Å². The van der Waals surface area contributed by atoms with Gasteiger partial charge in [-0.3, -0.25) is 0 Å². The van der Waals surface area contributed by atoms with Crippen molar-refractivity contribution in [1.82, 2.24) is 0 Å². The second-order valence-electron chi connectivity index (χ2n) is 4.02. The molecule has 4 nitrogen and oxygen atoms in total. The Morgan fingerprint density at radius 2 is 1.63 bits per heavy atom. The molecule has 0 amide bonds. The lowest BCUT2D eigenvalue weighted by Crippen LogP contribution is -2.32. The minimum atomic E-state index is -1.64. The Hall–Kier alpha value is -1.98. The molecular formula is C14H15BO4. The third kappa shape index (κ3) is 3.27. The number of benzene rings is 2. The highest BCUT2D eigenvalue weighted by Crippen LogP contribution is 2.18. The van der Waals surface area contributed by atoms with Crippen molar-refractivity contribution in [2.75, 3.05) is 7.11 Å². The van der Waals surface area contributed by atoms with Gasteiger partial charge in [0.25, 0.3) is 0 Å². The van der Waals surface area contributed by atoms with E-state index < -0.39 is 7.12 Å². The van der Waals surface area contributed by atoms with E-state index >= 15 is 0 Å². The predicted octanol–water partition coefficient (Wildman–Crippen LogP) is 0.954. The first-order valence-electron chi connectivity index (χ1n) is 5.92. The summed E-state index contributed by atoms with van der Waals surface area (Å²) in [6, 6.07) is 14.7. The van der Waals surface area contributed by atoms with E-state index in [2.05, 4.69) is 0 Å². The minimum Gasteiger partial charge on any atom is -0.497 e. The smallest absolute Gasteiger partial charge is 0.496 e. The van der Waals surface area contributed by atoms with Crippen LogP contribution in [-0.2, 0) is 6.61 Å². The normalized spacial score (nSPS) is 10.1. The van der Waals surface area contributed by atoms with Gasteiger partial charge in [0.2, 0.25) is 0 Å². The Bertz CT molecular complexity index is 528. The van der Waals surface area contributed by atoms with Crippen LogP contribution in [0.1, 0.15) is 5.56 Å². The summed E-state index contributed by atoms with van der Waals surface area (Å²) in [6.45, 7) is 0.355. The van der Waals surface area contributed by atoms with Gasteiger partial charge < -0.3 is 19.5 Å². The average molecular weight is 258 g/mol. The molecule has 0 aliphatic heterocycles. The summed E-state index contributed by atoms with van der Waals surface area (Å²) < 4.78 is 10.7. The topological polar surface area (TPSA) is 58.9 Å². The van der Waals surface area contributed by atoms with Crippen LogP contribution in [0.3, 0.4) is 0 Å². The monoisotopic (exact) mass is 258 g/mol. The van der Waals surface area contributed by atoms with Gasteiger partial charge in [-0.15, -0.1) is 0 Å². The third-order valence-electron chi connectivity index (χ3n) is 2.74. The van der Waals surface area contributed by atoms with E-state index in [0.29, 0.717) is 18.1 Å². The third-order valence-corrected chi connectivity index (χ3v) is 2.74. The highest BCUT2D eigenvalue weighted by Gasteiger charge is 2.22. The second kappa shape index (κ2) is 6.27. The van der Waals surface area contributed by atoms with Crippen LogP contribution >= 0.6 is 0 Å². The van der Waals surface area contributed by atoms with Crippen LogP contribution in [0.5, 0.6) is 11.5 Å².